The van der Waals surface area contributed by atoms with Crippen LogP contribution in [-0.2, 0) is 9.84 Å². The van der Waals surface area contributed by atoms with Crippen LogP contribution in [0.1, 0.15) is 17.7 Å². The van der Waals surface area contributed by atoms with Gasteiger partial charge in [0.1, 0.15) is 5.75 Å². The number of phenolic OH excluding ortho intramolecular Hbond substituents is 1. The van der Waals surface area contributed by atoms with Crippen molar-refractivity contribution < 1.29 is 13.5 Å². The van der Waals surface area contributed by atoms with Gasteiger partial charge in [0.25, 0.3) is 0 Å². The third-order valence-corrected chi connectivity index (χ3v) is 3.54. The molecular formula is C9H12O3S. The Labute approximate surface area is 77.9 Å². The fourth-order valence-electron chi connectivity index (χ4n) is 1.02. The lowest BCUT2D eigenvalue weighted by molar-refractivity contribution is 0.474. The van der Waals surface area contributed by atoms with Crippen LogP contribution in [0.25, 0.3) is 0 Å². The largest absolute Gasteiger partial charge is 0.508 e. The minimum atomic E-state index is -3.08. The Morgan fingerprint density at radius 3 is 2.46 bits per heavy atom. The molecule has 0 saturated carbocycles. The number of aromatic hydroxyl groups is 1. The first-order valence-electron chi connectivity index (χ1n) is 3.89. The first-order chi connectivity index (χ1) is 5.91. The average Bonchev–Trinajstić information content (AvgIpc) is 2.01. The molecule has 1 atom stereocenters. The Hall–Kier alpha value is -1.03. The minimum absolute atomic E-state index is 0.0907. The molecule has 4 heteroatoms. The van der Waals surface area contributed by atoms with E-state index in [4.69, 9.17) is 5.11 Å². The predicted octanol–water partition coefficient (Wildman–Crippen LogP) is 1.50. The Kier molecular flexibility index (Phi) is 2.61. The van der Waals surface area contributed by atoms with Gasteiger partial charge in [-0.25, -0.2) is 8.42 Å². The number of benzene rings is 1. The zero-order valence-electron chi connectivity index (χ0n) is 7.56. The van der Waals surface area contributed by atoms with E-state index in [1.165, 1.54) is 18.4 Å². The minimum Gasteiger partial charge on any atom is -0.508 e. The molecule has 3 nitrogen and oxygen atoms in total. The Morgan fingerprint density at radius 2 is 2.00 bits per heavy atom. The van der Waals surface area contributed by atoms with Gasteiger partial charge in [-0.2, -0.15) is 0 Å². The molecule has 1 aromatic rings. The van der Waals surface area contributed by atoms with Gasteiger partial charge in [-0.15, -0.1) is 0 Å². The van der Waals surface area contributed by atoms with E-state index in [-0.39, 0.29) is 5.75 Å². The van der Waals surface area contributed by atoms with Crippen LogP contribution in [-0.4, -0.2) is 19.8 Å². The summed E-state index contributed by atoms with van der Waals surface area (Å²) < 4.78 is 22.3. The van der Waals surface area contributed by atoms with E-state index in [0.29, 0.717) is 5.56 Å². The molecule has 0 aliphatic carbocycles. The smallest absolute Gasteiger partial charge is 0.154 e. The monoisotopic (exact) mass is 200 g/mol. The van der Waals surface area contributed by atoms with Gasteiger partial charge in [0.15, 0.2) is 9.84 Å². The van der Waals surface area contributed by atoms with Gasteiger partial charge in [-0.05, 0) is 24.6 Å². The van der Waals surface area contributed by atoms with E-state index in [1.54, 1.807) is 19.1 Å². The first kappa shape index (κ1) is 10.1. The molecule has 0 fully saturated rings. The molecule has 0 bridgehead atoms. The molecule has 0 aromatic heterocycles. The summed E-state index contributed by atoms with van der Waals surface area (Å²) in [5, 5.41) is 8.56. The molecule has 0 radical (unpaired) electrons. The lowest BCUT2D eigenvalue weighted by Crippen LogP contribution is -2.07. The molecule has 1 unspecified atom stereocenters. The highest BCUT2D eigenvalue weighted by molar-refractivity contribution is 7.90. The predicted molar refractivity (Wildman–Crippen MR) is 51.4 cm³/mol. The summed E-state index contributed by atoms with van der Waals surface area (Å²) in [4.78, 5) is 0. The van der Waals surface area contributed by atoms with Crippen LogP contribution < -0.4 is 0 Å². The fraction of sp³-hybridized carbons (Fsp3) is 0.333. The van der Waals surface area contributed by atoms with E-state index in [2.05, 4.69) is 0 Å². The van der Waals surface area contributed by atoms with E-state index in [9.17, 15) is 8.42 Å². The quantitative estimate of drug-likeness (QED) is 0.787. The molecule has 0 spiro atoms. The maximum atomic E-state index is 11.2. The van der Waals surface area contributed by atoms with Crippen LogP contribution in [0.5, 0.6) is 5.75 Å². The maximum Gasteiger partial charge on any atom is 0.154 e. The number of hydrogen-bond donors (Lipinski definition) is 1. The number of rotatable bonds is 2. The lowest BCUT2D eigenvalue weighted by Gasteiger charge is -2.09. The van der Waals surface area contributed by atoms with Gasteiger partial charge in [0, 0.05) is 6.26 Å². The highest BCUT2D eigenvalue weighted by Gasteiger charge is 2.16. The van der Waals surface area contributed by atoms with E-state index in [0.717, 1.165) is 0 Å². The van der Waals surface area contributed by atoms with Gasteiger partial charge >= 0.3 is 0 Å². The lowest BCUT2D eigenvalue weighted by atomic mass is 10.1. The number of hydrogen-bond acceptors (Lipinski definition) is 3. The van der Waals surface area contributed by atoms with Crippen molar-refractivity contribution >= 4 is 9.84 Å². The Balaban J connectivity index is 3.10. The van der Waals surface area contributed by atoms with Crippen molar-refractivity contribution in [3.8, 4) is 5.75 Å². The zero-order valence-corrected chi connectivity index (χ0v) is 8.38. The van der Waals surface area contributed by atoms with Crippen molar-refractivity contribution in [1.82, 2.24) is 0 Å². The molecule has 0 amide bonds. The molecule has 13 heavy (non-hydrogen) atoms. The fourth-order valence-corrected chi connectivity index (χ4v) is 1.67. The second-order valence-electron chi connectivity index (χ2n) is 3.07. The van der Waals surface area contributed by atoms with Crippen LogP contribution in [0.4, 0.5) is 0 Å². The number of sulfone groups is 1. The van der Waals surface area contributed by atoms with Gasteiger partial charge in [0.05, 0.1) is 5.25 Å². The highest BCUT2D eigenvalue weighted by Crippen LogP contribution is 2.23. The molecule has 72 valence electrons. The second kappa shape index (κ2) is 3.38. The van der Waals surface area contributed by atoms with E-state index < -0.39 is 15.1 Å². The van der Waals surface area contributed by atoms with Crippen molar-refractivity contribution in [2.75, 3.05) is 6.26 Å². The zero-order chi connectivity index (χ0) is 10.1. The third-order valence-electron chi connectivity index (χ3n) is 1.98. The Morgan fingerprint density at radius 1 is 1.38 bits per heavy atom. The second-order valence-corrected chi connectivity index (χ2v) is 5.43. The van der Waals surface area contributed by atoms with E-state index in [1.807, 2.05) is 0 Å². The molecule has 0 heterocycles. The van der Waals surface area contributed by atoms with Crippen LogP contribution >= 0.6 is 0 Å². The third kappa shape index (κ3) is 2.45. The van der Waals surface area contributed by atoms with Gasteiger partial charge in [0.2, 0.25) is 0 Å². The number of phenols is 1. The summed E-state index contributed by atoms with van der Waals surface area (Å²) in [6, 6.07) is 6.29. The topological polar surface area (TPSA) is 54.4 Å². The summed E-state index contributed by atoms with van der Waals surface area (Å²) in [5.41, 5.74) is 0.613. The molecular weight excluding hydrogens is 188 g/mol. The molecule has 1 N–H and O–H groups in total. The Bertz CT molecular complexity index is 395. The average molecular weight is 200 g/mol. The van der Waals surface area contributed by atoms with Crippen molar-refractivity contribution in [3.05, 3.63) is 29.8 Å². The maximum absolute atomic E-state index is 11.2. The van der Waals surface area contributed by atoms with Crippen molar-refractivity contribution in [2.45, 2.75) is 12.2 Å². The van der Waals surface area contributed by atoms with Gasteiger partial charge < -0.3 is 5.11 Å². The van der Waals surface area contributed by atoms with E-state index >= 15 is 0 Å². The van der Waals surface area contributed by atoms with Crippen molar-refractivity contribution in [1.29, 1.82) is 0 Å². The van der Waals surface area contributed by atoms with Crippen LogP contribution in [0.2, 0.25) is 0 Å². The molecule has 0 saturated heterocycles. The first-order valence-corrected chi connectivity index (χ1v) is 5.84. The highest BCUT2D eigenvalue weighted by atomic mass is 32.2. The summed E-state index contributed by atoms with van der Waals surface area (Å²) in [5.74, 6) is 0.0907. The van der Waals surface area contributed by atoms with Crippen molar-refractivity contribution in [3.63, 3.8) is 0 Å². The van der Waals surface area contributed by atoms with Gasteiger partial charge in [-0.3, -0.25) is 0 Å². The molecule has 1 rings (SSSR count). The summed E-state index contributed by atoms with van der Waals surface area (Å²) in [6.45, 7) is 1.60. The molecule has 0 aliphatic heterocycles. The summed E-state index contributed by atoms with van der Waals surface area (Å²) in [6.07, 6.45) is 1.18. The molecule has 1 aromatic carbocycles. The van der Waals surface area contributed by atoms with Crippen LogP contribution in [0, 0.1) is 0 Å². The standard InChI is InChI=1S/C9H12O3S/c1-7(13(2,11)12)8-4-3-5-9(10)6-8/h3-7,10H,1-2H3. The van der Waals surface area contributed by atoms with Crippen LogP contribution in [0.15, 0.2) is 24.3 Å². The summed E-state index contributed by atoms with van der Waals surface area (Å²) >= 11 is 0. The van der Waals surface area contributed by atoms with Crippen molar-refractivity contribution in [2.24, 2.45) is 0 Å². The molecule has 0 aliphatic rings. The van der Waals surface area contributed by atoms with Crippen LogP contribution in [0.3, 0.4) is 0 Å². The SMILES string of the molecule is CC(c1cccc(O)c1)S(C)(=O)=O. The summed E-state index contributed by atoms with van der Waals surface area (Å²) in [7, 11) is -3.08. The van der Waals surface area contributed by atoms with Gasteiger partial charge in [-0.1, -0.05) is 12.1 Å². The normalized spacial score (nSPS) is 14.0.